The summed E-state index contributed by atoms with van der Waals surface area (Å²) in [5.74, 6) is -1.11. The molecule has 120 valence electrons. The van der Waals surface area contributed by atoms with Crippen LogP contribution in [0.5, 0.6) is 11.5 Å². The molecular weight excluding hydrogens is 303 g/mol. The Morgan fingerprint density at radius 3 is 2.35 bits per heavy atom. The van der Waals surface area contributed by atoms with Gasteiger partial charge in [-0.3, -0.25) is 4.79 Å². The molecule has 0 heterocycles. The number of carbonyl (C=O) groups is 2. The van der Waals surface area contributed by atoms with Crippen molar-refractivity contribution in [2.45, 2.75) is 0 Å². The number of Topliss-reactive ketones (excluding diaryl/α,β-unsaturated/α-hetero) is 1. The maximum Gasteiger partial charge on any atom is 0.344 e. The Bertz CT molecular complexity index is 682. The third kappa shape index (κ3) is 4.81. The molecule has 0 fully saturated rings. The number of ketones is 1. The summed E-state index contributed by atoms with van der Waals surface area (Å²) in [4.78, 5) is 23.4. The van der Waals surface area contributed by atoms with E-state index in [2.05, 4.69) is 0 Å². The van der Waals surface area contributed by atoms with Crippen molar-refractivity contribution >= 4 is 11.8 Å². The summed E-state index contributed by atoms with van der Waals surface area (Å²) in [6, 6.07) is 12.1. The lowest BCUT2D eigenvalue weighted by molar-refractivity contribution is -0.144. The van der Waals surface area contributed by atoms with E-state index in [1.165, 1.54) is 25.3 Å². The van der Waals surface area contributed by atoms with Crippen molar-refractivity contribution in [1.82, 2.24) is 0 Å². The average molecular weight is 318 g/mol. The van der Waals surface area contributed by atoms with Crippen molar-refractivity contribution in [3.8, 4) is 11.5 Å². The summed E-state index contributed by atoms with van der Waals surface area (Å²) in [5, 5.41) is 0. The quantitative estimate of drug-likeness (QED) is 0.580. The Hall–Kier alpha value is -2.89. The number of halogens is 1. The molecule has 5 nitrogen and oxygen atoms in total. The maximum atomic E-state index is 13.3. The lowest BCUT2D eigenvalue weighted by Gasteiger charge is -2.07. The van der Waals surface area contributed by atoms with Gasteiger partial charge in [0.05, 0.1) is 7.11 Å². The lowest BCUT2D eigenvalue weighted by Crippen LogP contribution is -2.19. The number of ether oxygens (including phenoxy) is 3. The Balaban J connectivity index is 1.79. The van der Waals surface area contributed by atoms with Crippen molar-refractivity contribution in [1.29, 1.82) is 0 Å². The van der Waals surface area contributed by atoms with Gasteiger partial charge in [-0.2, -0.15) is 0 Å². The zero-order chi connectivity index (χ0) is 16.7. The van der Waals surface area contributed by atoms with E-state index in [-0.39, 0.29) is 11.5 Å². The van der Waals surface area contributed by atoms with Crippen molar-refractivity contribution in [2.24, 2.45) is 0 Å². The zero-order valence-electron chi connectivity index (χ0n) is 12.5. The molecule has 0 spiro atoms. The molecule has 0 unspecified atom stereocenters. The van der Waals surface area contributed by atoms with Gasteiger partial charge in [0.15, 0.2) is 30.6 Å². The second kappa shape index (κ2) is 7.93. The summed E-state index contributed by atoms with van der Waals surface area (Å²) < 4.78 is 28.1. The van der Waals surface area contributed by atoms with Crippen LogP contribution in [0.15, 0.2) is 48.5 Å². The van der Waals surface area contributed by atoms with Crippen LogP contribution in [0.4, 0.5) is 4.39 Å². The van der Waals surface area contributed by atoms with E-state index in [1.807, 2.05) is 0 Å². The van der Waals surface area contributed by atoms with Gasteiger partial charge in [-0.05, 0) is 36.4 Å². The average Bonchev–Trinajstić information content (AvgIpc) is 2.59. The Morgan fingerprint density at radius 2 is 1.70 bits per heavy atom. The highest BCUT2D eigenvalue weighted by atomic mass is 19.1. The highest BCUT2D eigenvalue weighted by molar-refractivity contribution is 5.98. The van der Waals surface area contributed by atoms with E-state index >= 15 is 0 Å². The van der Waals surface area contributed by atoms with Crippen LogP contribution in [0.2, 0.25) is 0 Å². The smallest absolute Gasteiger partial charge is 0.344 e. The number of hydrogen-bond acceptors (Lipinski definition) is 5. The summed E-state index contributed by atoms with van der Waals surface area (Å²) in [7, 11) is 1.52. The molecule has 0 bridgehead atoms. The highest BCUT2D eigenvalue weighted by Gasteiger charge is 2.11. The normalized spacial score (nSPS) is 10.0. The van der Waals surface area contributed by atoms with Crippen LogP contribution in [0.25, 0.3) is 0 Å². The first-order valence-corrected chi connectivity index (χ1v) is 6.80. The van der Waals surface area contributed by atoms with Crippen LogP contribution in [0.3, 0.4) is 0 Å². The monoisotopic (exact) mass is 318 g/mol. The van der Waals surface area contributed by atoms with Gasteiger partial charge in [0.25, 0.3) is 0 Å². The van der Waals surface area contributed by atoms with Gasteiger partial charge in [-0.25, -0.2) is 9.18 Å². The number of benzene rings is 2. The molecule has 6 heteroatoms. The second-order valence-electron chi connectivity index (χ2n) is 4.53. The largest absolute Gasteiger partial charge is 0.497 e. The molecule has 2 aromatic rings. The Kier molecular flexibility index (Phi) is 5.68. The first-order valence-electron chi connectivity index (χ1n) is 6.80. The second-order valence-corrected chi connectivity index (χ2v) is 4.53. The fraction of sp³-hybridized carbons (Fsp3) is 0.176. The van der Waals surface area contributed by atoms with E-state index in [1.54, 1.807) is 30.3 Å². The predicted molar refractivity (Wildman–Crippen MR) is 80.2 cm³/mol. The maximum absolute atomic E-state index is 13.3. The SMILES string of the molecule is COc1ccc(C(=O)COC(=O)COc2ccccc2F)cc1. The van der Waals surface area contributed by atoms with Gasteiger partial charge in [0.2, 0.25) is 0 Å². The minimum absolute atomic E-state index is 0.0501. The van der Waals surface area contributed by atoms with Gasteiger partial charge in [0, 0.05) is 5.56 Å². The van der Waals surface area contributed by atoms with Crippen LogP contribution in [0.1, 0.15) is 10.4 Å². The minimum Gasteiger partial charge on any atom is -0.497 e. The first-order chi connectivity index (χ1) is 11.1. The summed E-state index contributed by atoms with van der Waals surface area (Å²) in [6.45, 7) is -0.886. The van der Waals surface area contributed by atoms with E-state index in [0.29, 0.717) is 11.3 Å². The number of para-hydroxylation sites is 1. The standard InChI is InChI=1S/C17H15FO5/c1-21-13-8-6-12(7-9-13)15(19)10-23-17(20)11-22-16-5-3-2-4-14(16)18/h2-9H,10-11H2,1H3. The number of esters is 1. The molecule has 0 aromatic heterocycles. The van der Waals surface area contributed by atoms with E-state index in [0.717, 1.165) is 0 Å². The third-order valence-electron chi connectivity index (χ3n) is 2.96. The zero-order valence-corrected chi connectivity index (χ0v) is 12.5. The van der Waals surface area contributed by atoms with Crippen LogP contribution < -0.4 is 9.47 Å². The molecule has 0 aliphatic heterocycles. The van der Waals surface area contributed by atoms with Gasteiger partial charge in [0.1, 0.15) is 5.75 Å². The fourth-order valence-corrected chi connectivity index (χ4v) is 1.75. The number of methoxy groups -OCH3 is 1. The van der Waals surface area contributed by atoms with E-state index in [4.69, 9.17) is 14.2 Å². The highest BCUT2D eigenvalue weighted by Crippen LogP contribution is 2.15. The minimum atomic E-state index is -0.755. The van der Waals surface area contributed by atoms with E-state index < -0.39 is 25.0 Å². The fourth-order valence-electron chi connectivity index (χ4n) is 1.75. The summed E-state index contributed by atoms with van der Waals surface area (Å²) >= 11 is 0. The topological polar surface area (TPSA) is 61.8 Å². The van der Waals surface area contributed by atoms with E-state index in [9.17, 15) is 14.0 Å². The summed E-state index contributed by atoms with van der Waals surface area (Å²) in [6.07, 6.45) is 0. The molecule has 0 saturated carbocycles. The number of carbonyl (C=O) groups excluding carboxylic acids is 2. The van der Waals surface area contributed by atoms with Crippen LogP contribution >= 0.6 is 0 Å². The van der Waals surface area contributed by atoms with Crippen molar-refractivity contribution in [2.75, 3.05) is 20.3 Å². The molecule has 2 aromatic carbocycles. The van der Waals surface area contributed by atoms with Crippen LogP contribution in [-0.2, 0) is 9.53 Å². The molecule has 2 rings (SSSR count). The third-order valence-corrected chi connectivity index (χ3v) is 2.96. The van der Waals surface area contributed by atoms with Crippen molar-refractivity contribution in [3.05, 3.63) is 59.9 Å². The van der Waals surface area contributed by atoms with Crippen molar-refractivity contribution in [3.63, 3.8) is 0 Å². The van der Waals surface area contributed by atoms with Gasteiger partial charge in [-0.1, -0.05) is 12.1 Å². The Morgan fingerprint density at radius 1 is 1.00 bits per heavy atom. The molecule has 23 heavy (non-hydrogen) atoms. The molecule has 0 N–H and O–H groups in total. The molecular formula is C17H15FO5. The Labute approximate surface area is 132 Å². The van der Waals surface area contributed by atoms with Crippen LogP contribution in [-0.4, -0.2) is 32.1 Å². The molecule has 0 radical (unpaired) electrons. The molecule has 0 saturated heterocycles. The lowest BCUT2D eigenvalue weighted by atomic mass is 10.1. The van der Waals surface area contributed by atoms with Gasteiger partial charge >= 0.3 is 5.97 Å². The first kappa shape index (κ1) is 16.5. The van der Waals surface area contributed by atoms with Crippen LogP contribution in [0, 0.1) is 5.82 Å². The number of hydrogen-bond donors (Lipinski definition) is 0. The molecule has 0 aliphatic carbocycles. The number of rotatable bonds is 7. The molecule has 0 atom stereocenters. The molecule has 0 aliphatic rings. The van der Waals surface area contributed by atoms with Gasteiger partial charge < -0.3 is 14.2 Å². The summed E-state index contributed by atoms with van der Waals surface area (Å²) in [5.41, 5.74) is 0.397. The van der Waals surface area contributed by atoms with Crippen molar-refractivity contribution < 1.29 is 28.2 Å². The molecule has 0 amide bonds. The predicted octanol–water partition coefficient (Wildman–Crippen LogP) is 2.64. The van der Waals surface area contributed by atoms with Gasteiger partial charge in [-0.15, -0.1) is 0 Å².